The van der Waals surface area contributed by atoms with E-state index in [2.05, 4.69) is 19.2 Å². The van der Waals surface area contributed by atoms with E-state index in [1.165, 1.54) is 44.9 Å². The molecule has 4 fully saturated rings. The monoisotopic (exact) mass is 279 g/mol. The summed E-state index contributed by atoms with van der Waals surface area (Å²) in [5.41, 5.74) is 0.581. The molecule has 4 aliphatic carbocycles. The topological polar surface area (TPSA) is 21.3 Å². The number of hydrogen-bond acceptors (Lipinski definition) is 2. The SMILES string of the molecule is CCCNC(COCCC)C12CC3CC(CC(C3)C1)C2. The van der Waals surface area contributed by atoms with Crippen LogP contribution >= 0.6 is 0 Å². The second-order valence-electron chi connectivity index (χ2n) is 7.86. The van der Waals surface area contributed by atoms with E-state index in [-0.39, 0.29) is 0 Å². The highest BCUT2D eigenvalue weighted by atomic mass is 16.5. The van der Waals surface area contributed by atoms with Gasteiger partial charge in [-0.1, -0.05) is 13.8 Å². The van der Waals surface area contributed by atoms with Gasteiger partial charge in [-0.15, -0.1) is 0 Å². The third-order valence-corrected chi connectivity index (χ3v) is 6.10. The van der Waals surface area contributed by atoms with E-state index in [1.54, 1.807) is 0 Å². The fourth-order valence-corrected chi connectivity index (χ4v) is 5.72. The van der Waals surface area contributed by atoms with Crippen molar-refractivity contribution in [2.75, 3.05) is 19.8 Å². The zero-order valence-electron chi connectivity index (χ0n) is 13.5. The average molecular weight is 279 g/mol. The van der Waals surface area contributed by atoms with Gasteiger partial charge in [-0.05, 0) is 81.1 Å². The molecule has 0 heterocycles. The zero-order chi connectivity index (χ0) is 14.0. The van der Waals surface area contributed by atoms with Gasteiger partial charge in [0.2, 0.25) is 0 Å². The molecule has 1 atom stereocenters. The van der Waals surface area contributed by atoms with Gasteiger partial charge in [0.05, 0.1) is 6.61 Å². The Morgan fingerprint density at radius 2 is 1.60 bits per heavy atom. The maximum absolute atomic E-state index is 5.97. The number of nitrogens with one attached hydrogen (secondary N) is 1. The van der Waals surface area contributed by atoms with Crippen LogP contribution < -0.4 is 5.32 Å². The molecule has 0 aromatic rings. The molecule has 1 unspecified atom stereocenters. The summed E-state index contributed by atoms with van der Waals surface area (Å²) >= 11 is 0. The van der Waals surface area contributed by atoms with Crippen LogP contribution in [0.3, 0.4) is 0 Å². The number of ether oxygens (including phenoxy) is 1. The van der Waals surface area contributed by atoms with Crippen molar-refractivity contribution in [1.82, 2.24) is 5.32 Å². The highest BCUT2D eigenvalue weighted by Crippen LogP contribution is 2.61. The lowest BCUT2D eigenvalue weighted by atomic mass is 9.47. The smallest absolute Gasteiger partial charge is 0.0625 e. The molecule has 0 aromatic heterocycles. The lowest BCUT2D eigenvalue weighted by Gasteiger charge is -2.59. The van der Waals surface area contributed by atoms with Gasteiger partial charge in [0, 0.05) is 12.6 Å². The van der Waals surface area contributed by atoms with Crippen molar-refractivity contribution in [2.45, 2.75) is 71.3 Å². The Morgan fingerprint density at radius 1 is 1.00 bits per heavy atom. The highest BCUT2D eigenvalue weighted by Gasteiger charge is 2.53. The minimum atomic E-state index is 0.581. The third kappa shape index (κ3) is 2.92. The molecule has 2 nitrogen and oxygen atoms in total. The van der Waals surface area contributed by atoms with Gasteiger partial charge >= 0.3 is 0 Å². The molecule has 0 amide bonds. The molecule has 1 N–H and O–H groups in total. The molecule has 116 valence electrons. The first-order valence-electron chi connectivity index (χ1n) is 9.07. The number of rotatable bonds is 8. The first-order valence-corrected chi connectivity index (χ1v) is 9.07. The van der Waals surface area contributed by atoms with E-state index in [0.29, 0.717) is 11.5 Å². The molecule has 4 saturated carbocycles. The Hall–Kier alpha value is -0.0800. The molecular formula is C18H33NO. The van der Waals surface area contributed by atoms with Gasteiger partial charge in [-0.2, -0.15) is 0 Å². The van der Waals surface area contributed by atoms with E-state index in [0.717, 1.165) is 43.9 Å². The normalized spacial score (nSPS) is 40.2. The maximum atomic E-state index is 5.97. The summed E-state index contributed by atoms with van der Waals surface area (Å²) in [4.78, 5) is 0. The molecule has 20 heavy (non-hydrogen) atoms. The molecular weight excluding hydrogens is 246 g/mol. The molecule has 0 aromatic carbocycles. The largest absolute Gasteiger partial charge is 0.380 e. The van der Waals surface area contributed by atoms with E-state index in [9.17, 15) is 0 Å². The summed E-state index contributed by atoms with van der Waals surface area (Å²) in [5, 5.41) is 3.86. The molecule has 4 bridgehead atoms. The van der Waals surface area contributed by atoms with Gasteiger partial charge < -0.3 is 10.1 Å². The fourth-order valence-electron chi connectivity index (χ4n) is 5.72. The van der Waals surface area contributed by atoms with Crippen LogP contribution in [0.15, 0.2) is 0 Å². The van der Waals surface area contributed by atoms with E-state index in [4.69, 9.17) is 4.74 Å². The van der Waals surface area contributed by atoms with Crippen LogP contribution in [0, 0.1) is 23.2 Å². The summed E-state index contributed by atoms with van der Waals surface area (Å²) < 4.78 is 5.97. The second kappa shape index (κ2) is 6.36. The Labute approximate surface area is 125 Å². The van der Waals surface area contributed by atoms with Gasteiger partial charge in [-0.25, -0.2) is 0 Å². The standard InChI is InChI=1S/C18H33NO/c1-3-5-19-17(13-20-6-4-2)18-10-14-7-15(11-18)9-16(8-14)12-18/h14-17,19H,3-13H2,1-2H3. The highest BCUT2D eigenvalue weighted by molar-refractivity contribution is 5.06. The van der Waals surface area contributed by atoms with E-state index < -0.39 is 0 Å². The minimum absolute atomic E-state index is 0.581. The van der Waals surface area contributed by atoms with E-state index >= 15 is 0 Å². The summed E-state index contributed by atoms with van der Waals surface area (Å²) in [6.07, 6.45) is 11.4. The molecule has 0 saturated heterocycles. The van der Waals surface area contributed by atoms with Crippen molar-refractivity contribution in [3.8, 4) is 0 Å². The van der Waals surface area contributed by atoms with Crippen molar-refractivity contribution >= 4 is 0 Å². The Morgan fingerprint density at radius 3 is 2.10 bits per heavy atom. The van der Waals surface area contributed by atoms with E-state index in [1.807, 2.05) is 0 Å². The lowest BCUT2D eigenvalue weighted by molar-refractivity contribution is -0.0885. The first-order chi connectivity index (χ1) is 9.75. The number of hydrogen-bond donors (Lipinski definition) is 1. The Balaban J connectivity index is 1.68. The molecule has 0 spiro atoms. The Bertz CT molecular complexity index is 279. The van der Waals surface area contributed by atoms with Crippen LogP contribution in [0.1, 0.15) is 65.2 Å². The summed E-state index contributed by atoms with van der Waals surface area (Å²) in [7, 11) is 0. The van der Waals surface area contributed by atoms with Crippen molar-refractivity contribution < 1.29 is 4.74 Å². The first kappa shape index (κ1) is 14.8. The Kier molecular flexibility index (Phi) is 4.72. The van der Waals surface area contributed by atoms with Crippen molar-refractivity contribution in [2.24, 2.45) is 23.2 Å². The molecule has 0 aliphatic heterocycles. The van der Waals surface area contributed by atoms with Crippen molar-refractivity contribution in [3.05, 3.63) is 0 Å². The summed E-state index contributed by atoms with van der Waals surface area (Å²) in [6, 6.07) is 0.613. The van der Waals surface area contributed by atoms with Gasteiger partial charge in [0.1, 0.15) is 0 Å². The van der Waals surface area contributed by atoms with Gasteiger partial charge in [0.15, 0.2) is 0 Å². The third-order valence-electron chi connectivity index (χ3n) is 6.10. The van der Waals surface area contributed by atoms with Crippen molar-refractivity contribution in [3.63, 3.8) is 0 Å². The fraction of sp³-hybridized carbons (Fsp3) is 1.00. The minimum Gasteiger partial charge on any atom is -0.380 e. The molecule has 2 heteroatoms. The average Bonchev–Trinajstić information content (AvgIpc) is 2.41. The molecule has 4 aliphatic rings. The predicted octanol–water partition coefficient (Wildman–Crippen LogP) is 4.00. The van der Waals surface area contributed by atoms with Crippen LogP contribution in [0.5, 0.6) is 0 Å². The summed E-state index contributed by atoms with van der Waals surface area (Å²) in [6.45, 7) is 7.51. The van der Waals surface area contributed by atoms with Crippen LogP contribution in [-0.2, 0) is 4.74 Å². The molecule has 4 rings (SSSR count). The van der Waals surface area contributed by atoms with Crippen LogP contribution in [0.2, 0.25) is 0 Å². The second-order valence-corrected chi connectivity index (χ2v) is 7.86. The van der Waals surface area contributed by atoms with Crippen LogP contribution in [0.25, 0.3) is 0 Å². The van der Waals surface area contributed by atoms with Gasteiger partial charge in [0.25, 0.3) is 0 Å². The zero-order valence-corrected chi connectivity index (χ0v) is 13.5. The molecule has 0 radical (unpaired) electrons. The van der Waals surface area contributed by atoms with Crippen molar-refractivity contribution in [1.29, 1.82) is 0 Å². The predicted molar refractivity (Wildman–Crippen MR) is 83.8 cm³/mol. The maximum Gasteiger partial charge on any atom is 0.0625 e. The quantitative estimate of drug-likeness (QED) is 0.678. The van der Waals surface area contributed by atoms with Crippen LogP contribution in [-0.4, -0.2) is 25.8 Å². The van der Waals surface area contributed by atoms with Gasteiger partial charge in [-0.3, -0.25) is 0 Å². The lowest BCUT2D eigenvalue weighted by Crippen LogP contribution is -2.57. The van der Waals surface area contributed by atoms with Crippen LogP contribution in [0.4, 0.5) is 0 Å². The summed E-state index contributed by atoms with van der Waals surface area (Å²) in [5.74, 6) is 3.12.